The van der Waals surface area contributed by atoms with Crippen LogP contribution in [0.15, 0.2) is 47.1 Å². The highest BCUT2D eigenvalue weighted by Gasteiger charge is 2.19. The first-order chi connectivity index (χ1) is 13.9. The molecule has 6 nitrogen and oxygen atoms in total. The van der Waals surface area contributed by atoms with Crippen molar-refractivity contribution in [1.29, 1.82) is 0 Å². The van der Waals surface area contributed by atoms with E-state index in [2.05, 4.69) is 5.32 Å². The lowest BCUT2D eigenvalue weighted by molar-refractivity contribution is -0.119. The molecule has 1 amide bonds. The standard InChI is InChI=1S/C23H26N2O4/c1-5-18-9-6-8-15(2)22(18)24-21(26)14-29-23(27)20-12-16(3)25(17(20)4)13-19-10-7-11-28-19/h6-12H,5,13-14H2,1-4H3,(H,24,26). The van der Waals surface area contributed by atoms with Crippen molar-refractivity contribution < 1.29 is 18.7 Å². The largest absolute Gasteiger partial charge is 0.467 e. The van der Waals surface area contributed by atoms with Crippen molar-refractivity contribution in [2.75, 3.05) is 11.9 Å². The number of para-hydroxylation sites is 1. The predicted octanol–water partition coefficient (Wildman–Crippen LogP) is 4.41. The number of hydrogen-bond acceptors (Lipinski definition) is 4. The zero-order valence-corrected chi connectivity index (χ0v) is 17.2. The SMILES string of the molecule is CCc1cccc(C)c1NC(=O)COC(=O)c1cc(C)n(Cc2ccco2)c1C. The number of carbonyl (C=O) groups excluding carboxylic acids is 2. The van der Waals surface area contributed by atoms with E-state index in [4.69, 9.17) is 9.15 Å². The normalized spacial score (nSPS) is 10.8. The van der Waals surface area contributed by atoms with Crippen LogP contribution in [-0.4, -0.2) is 23.1 Å². The lowest BCUT2D eigenvalue weighted by atomic mass is 10.1. The number of benzene rings is 1. The molecule has 0 fully saturated rings. The summed E-state index contributed by atoms with van der Waals surface area (Å²) in [5, 5.41) is 2.86. The molecule has 152 valence electrons. The van der Waals surface area contributed by atoms with Crippen molar-refractivity contribution >= 4 is 17.6 Å². The molecular formula is C23H26N2O4. The van der Waals surface area contributed by atoms with E-state index in [1.165, 1.54) is 0 Å². The second-order valence-electron chi connectivity index (χ2n) is 7.04. The third-order valence-electron chi connectivity index (χ3n) is 5.03. The maximum Gasteiger partial charge on any atom is 0.340 e. The fourth-order valence-corrected chi connectivity index (χ4v) is 3.40. The van der Waals surface area contributed by atoms with E-state index in [0.717, 1.165) is 40.4 Å². The molecule has 0 saturated carbocycles. The quantitative estimate of drug-likeness (QED) is 0.602. The van der Waals surface area contributed by atoms with E-state index in [-0.39, 0.29) is 12.5 Å². The molecular weight excluding hydrogens is 368 g/mol. The van der Waals surface area contributed by atoms with Crippen LogP contribution < -0.4 is 5.32 Å². The molecule has 0 saturated heterocycles. The van der Waals surface area contributed by atoms with Crippen LogP contribution in [-0.2, 0) is 22.5 Å². The molecule has 2 aromatic heterocycles. The Bertz CT molecular complexity index is 1020. The molecule has 6 heteroatoms. The van der Waals surface area contributed by atoms with Gasteiger partial charge in [0.25, 0.3) is 5.91 Å². The van der Waals surface area contributed by atoms with Crippen molar-refractivity contribution in [2.24, 2.45) is 0 Å². The predicted molar refractivity (Wildman–Crippen MR) is 111 cm³/mol. The number of carbonyl (C=O) groups is 2. The Morgan fingerprint density at radius 1 is 1.14 bits per heavy atom. The smallest absolute Gasteiger partial charge is 0.340 e. The summed E-state index contributed by atoms with van der Waals surface area (Å²) in [6.45, 7) is 7.94. The van der Waals surface area contributed by atoms with Gasteiger partial charge in [-0.1, -0.05) is 25.1 Å². The Hall–Kier alpha value is -3.28. The first-order valence-electron chi connectivity index (χ1n) is 9.65. The van der Waals surface area contributed by atoms with Crippen LogP contribution in [0.2, 0.25) is 0 Å². The Balaban J connectivity index is 1.65. The van der Waals surface area contributed by atoms with Crippen molar-refractivity contribution in [1.82, 2.24) is 4.57 Å². The average molecular weight is 394 g/mol. The molecule has 0 spiro atoms. The molecule has 0 unspecified atom stereocenters. The van der Waals surface area contributed by atoms with Crippen LogP contribution >= 0.6 is 0 Å². The van der Waals surface area contributed by atoms with Gasteiger partial charge in [0.2, 0.25) is 0 Å². The van der Waals surface area contributed by atoms with Crippen LogP contribution in [0.25, 0.3) is 0 Å². The number of hydrogen-bond donors (Lipinski definition) is 1. The third-order valence-corrected chi connectivity index (χ3v) is 5.03. The van der Waals surface area contributed by atoms with Gasteiger partial charge >= 0.3 is 5.97 Å². The summed E-state index contributed by atoms with van der Waals surface area (Å²) in [6.07, 6.45) is 2.43. The maximum atomic E-state index is 12.5. The molecule has 1 N–H and O–H groups in total. The van der Waals surface area contributed by atoms with E-state index in [1.807, 2.05) is 62.6 Å². The number of anilines is 1. The third kappa shape index (κ3) is 4.59. The summed E-state index contributed by atoms with van der Waals surface area (Å²) < 4.78 is 12.6. The maximum absolute atomic E-state index is 12.5. The zero-order valence-electron chi connectivity index (χ0n) is 17.2. The molecule has 1 aromatic carbocycles. The fraction of sp³-hybridized carbons (Fsp3) is 0.304. The number of aryl methyl sites for hydroxylation is 3. The number of furan rings is 1. The van der Waals surface area contributed by atoms with Gasteiger partial charge in [-0.15, -0.1) is 0 Å². The molecule has 0 aliphatic carbocycles. The highest BCUT2D eigenvalue weighted by Crippen LogP contribution is 2.21. The van der Waals surface area contributed by atoms with Crippen LogP contribution in [0.1, 0.15) is 45.6 Å². The minimum absolute atomic E-state index is 0.335. The van der Waals surface area contributed by atoms with Gasteiger partial charge < -0.3 is 19.0 Å². The number of nitrogens with zero attached hydrogens (tertiary/aromatic N) is 1. The zero-order chi connectivity index (χ0) is 21.0. The summed E-state index contributed by atoms with van der Waals surface area (Å²) in [7, 11) is 0. The lowest BCUT2D eigenvalue weighted by Crippen LogP contribution is -2.22. The van der Waals surface area contributed by atoms with E-state index in [1.54, 1.807) is 12.3 Å². The molecule has 3 aromatic rings. The summed E-state index contributed by atoms with van der Waals surface area (Å²) >= 11 is 0. The number of rotatable bonds is 7. The first-order valence-corrected chi connectivity index (χ1v) is 9.65. The van der Waals surface area contributed by atoms with Crippen molar-refractivity contribution in [3.05, 3.63) is 76.5 Å². The second kappa shape index (κ2) is 8.82. The highest BCUT2D eigenvalue weighted by molar-refractivity contribution is 5.97. The van der Waals surface area contributed by atoms with Gasteiger partial charge in [0, 0.05) is 17.1 Å². The van der Waals surface area contributed by atoms with Gasteiger partial charge in [0.1, 0.15) is 5.76 Å². The Morgan fingerprint density at radius 2 is 1.93 bits per heavy atom. The van der Waals surface area contributed by atoms with Gasteiger partial charge in [0.15, 0.2) is 6.61 Å². The molecule has 0 atom stereocenters. The van der Waals surface area contributed by atoms with Crippen molar-refractivity contribution in [2.45, 2.75) is 40.7 Å². The van der Waals surface area contributed by atoms with Crippen LogP contribution in [0, 0.1) is 20.8 Å². The molecule has 0 bridgehead atoms. The Kier molecular flexibility index (Phi) is 6.22. The van der Waals surface area contributed by atoms with Gasteiger partial charge in [-0.2, -0.15) is 0 Å². The Labute approximate surface area is 170 Å². The van der Waals surface area contributed by atoms with Crippen LogP contribution in [0.5, 0.6) is 0 Å². The molecule has 0 aliphatic rings. The molecule has 3 rings (SSSR count). The minimum Gasteiger partial charge on any atom is -0.467 e. The van der Waals surface area contributed by atoms with Gasteiger partial charge in [-0.3, -0.25) is 4.79 Å². The number of amides is 1. The summed E-state index contributed by atoms with van der Waals surface area (Å²) in [5.41, 5.74) is 4.95. The van der Waals surface area contributed by atoms with E-state index >= 15 is 0 Å². The number of esters is 1. The molecule has 0 radical (unpaired) electrons. The monoisotopic (exact) mass is 394 g/mol. The number of aromatic nitrogens is 1. The second-order valence-corrected chi connectivity index (χ2v) is 7.04. The minimum atomic E-state index is -0.514. The van der Waals surface area contributed by atoms with E-state index in [9.17, 15) is 9.59 Å². The fourth-order valence-electron chi connectivity index (χ4n) is 3.40. The van der Waals surface area contributed by atoms with E-state index < -0.39 is 5.97 Å². The first kappa shape index (κ1) is 20.5. The van der Waals surface area contributed by atoms with Gasteiger partial charge in [0.05, 0.1) is 18.4 Å². The highest BCUT2D eigenvalue weighted by atomic mass is 16.5. The summed E-state index contributed by atoms with van der Waals surface area (Å²) in [5.74, 6) is -0.0674. The summed E-state index contributed by atoms with van der Waals surface area (Å²) in [6, 6.07) is 11.4. The average Bonchev–Trinajstić information content (AvgIpc) is 3.31. The lowest BCUT2D eigenvalue weighted by Gasteiger charge is -2.13. The number of nitrogens with one attached hydrogen (secondary N) is 1. The summed E-state index contributed by atoms with van der Waals surface area (Å²) in [4.78, 5) is 24.9. The van der Waals surface area contributed by atoms with Gasteiger partial charge in [-0.05, 0) is 56.5 Å². The van der Waals surface area contributed by atoms with Gasteiger partial charge in [-0.25, -0.2) is 4.79 Å². The number of ether oxygens (including phenoxy) is 1. The van der Waals surface area contributed by atoms with Crippen LogP contribution in [0.4, 0.5) is 5.69 Å². The van der Waals surface area contributed by atoms with Crippen LogP contribution in [0.3, 0.4) is 0 Å². The molecule has 0 aliphatic heterocycles. The topological polar surface area (TPSA) is 73.5 Å². The van der Waals surface area contributed by atoms with Crippen molar-refractivity contribution in [3.63, 3.8) is 0 Å². The molecule has 2 heterocycles. The Morgan fingerprint density at radius 3 is 2.62 bits per heavy atom. The molecule has 29 heavy (non-hydrogen) atoms. The van der Waals surface area contributed by atoms with Crippen molar-refractivity contribution in [3.8, 4) is 0 Å². The van der Waals surface area contributed by atoms with E-state index in [0.29, 0.717) is 12.1 Å².